The fourth-order valence-corrected chi connectivity index (χ4v) is 4.53. The fraction of sp³-hybridized carbons (Fsp3) is 0.0400. The van der Waals surface area contributed by atoms with Gasteiger partial charge in [0.15, 0.2) is 0 Å². The molecule has 0 N–H and O–H groups in total. The summed E-state index contributed by atoms with van der Waals surface area (Å²) in [5.41, 5.74) is 6.43. The van der Waals surface area contributed by atoms with Gasteiger partial charge in [0.2, 0.25) is 0 Å². The molecule has 0 saturated carbocycles. The predicted molar refractivity (Wildman–Crippen MR) is 118 cm³/mol. The van der Waals surface area contributed by atoms with Crippen molar-refractivity contribution in [3.8, 4) is 11.1 Å². The van der Waals surface area contributed by atoms with E-state index in [9.17, 15) is 0 Å². The summed E-state index contributed by atoms with van der Waals surface area (Å²) in [6, 6.07) is 27.1. The lowest BCUT2D eigenvalue weighted by molar-refractivity contribution is 0.670. The number of hydrogen-bond donors (Lipinski definition) is 0. The second-order valence-electron chi connectivity index (χ2n) is 7.21. The van der Waals surface area contributed by atoms with Gasteiger partial charge in [-0.15, -0.1) is 0 Å². The molecule has 2 nitrogen and oxygen atoms in total. The van der Waals surface area contributed by atoms with Crippen molar-refractivity contribution in [2.75, 3.05) is 0 Å². The average molecular weight is 382 g/mol. The van der Waals surface area contributed by atoms with E-state index in [-0.39, 0.29) is 0 Å². The highest BCUT2D eigenvalue weighted by molar-refractivity contribution is 6.30. The van der Waals surface area contributed by atoms with Crippen LogP contribution in [0.25, 0.3) is 54.9 Å². The molecule has 0 aliphatic heterocycles. The molecule has 0 radical (unpaired) electrons. The first-order chi connectivity index (χ1) is 13.7. The van der Waals surface area contributed by atoms with Crippen LogP contribution in [0.2, 0.25) is 5.02 Å². The number of aryl methyl sites for hydroxylation is 1. The Morgan fingerprint density at radius 2 is 1.46 bits per heavy atom. The van der Waals surface area contributed by atoms with Crippen LogP contribution in [0.15, 0.2) is 83.3 Å². The third kappa shape index (κ3) is 2.04. The maximum absolute atomic E-state index is 6.38. The number of hydrogen-bond acceptors (Lipinski definition) is 1. The van der Waals surface area contributed by atoms with Crippen molar-refractivity contribution < 1.29 is 4.42 Å². The topological polar surface area (TPSA) is 18.1 Å². The molecule has 0 saturated heterocycles. The molecule has 0 atom stereocenters. The lowest BCUT2D eigenvalue weighted by atomic mass is 9.98. The molecule has 2 aromatic heterocycles. The number of furan rings is 1. The van der Waals surface area contributed by atoms with Crippen molar-refractivity contribution in [2.45, 2.75) is 0 Å². The van der Waals surface area contributed by atoms with Gasteiger partial charge >= 0.3 is 0 Å². The Hall–Kier alpha value is -3.23. The van der Waals surface area contributed by atoms with E-state index in [1.165, 1.54) is 21.8 Å². The minimum Gasteiger partial charge on any atom is -0.455 e. The summed E-state index contributed by atoms with van der Waals surface area (Å²) >= 11 is 6.17. The van der Waals surface area contributed by atoms with Crippen molar-refractivity contribution >= 4 is 55.3 Å². The molecule has 6 rings (SSSR count). The van der Waals surface area contributed by atoms with Crippen LogP contribution >= 0.6 is 11.6 Å². The highest BCUT2D eigenvalue weighted by Crippen LogP contribution is 2.44. The van der Waals surface area contributed by atoms with Crippen LogP contribution in [0, 0.1) is 0 Å². The highest BCUT2D eigenvalue weighted by Gasteiger charge is 2.20. The lowest BCUT2D eigenvalue weighted by Gasteiger charge is -2.08. The van der Waals surface area contributed by atoms with Crippen LogP contribution < -0.4 is 0 Å². The summed E-state index contributed by atoms with van der Waals surface area (Å²) in [6.45, 7) is 0. The van der Waals surface area contributed by atoms with Gasteiger partial charge < -0.3 is 8.98 Å². The van der Waals surface area contributed by atoms with E-state index in [0.29, 0.717) is 0 Å². The second-order valence-corrected chi connectivity index (χ2v) is 7.64. The molecule has 2 heterocycles. The van der Waals surface area contributed by atoms with Crippen molar-refractivity contribution in [2.24, 2.45) is 7.05 Å². The summed E-state index contributed by atoms with van der Waals surface area (Å²) in [5, 5.41) is 5.50. The van der Waals surface area contributed by atoms with E-state index in [4.69, 9.17) is 16.0 Å². The molecule has 0 spiro atoms. The highest BCUT2D eigenvalue weighted by atomic mass is 35.5. The van der Waals surface area contributed by atoms with E-state index in [0.717, 1.165) is 38.1 Å². The number of rotatable bonds is 1. The van der Waals surface area contributed by atoms with Crippen molar-refractivity contribution in [3.05, 3.63) is 83.9 Å². The number of benzene rings is 4. The summed E-state index contributed by atoms with van der Waals surface area (Å²) in [4.78, 5) is 0. The number of fused-ring (bicyclic) bond motifs is 6. The molecule has 0 amide bonds. The number of nitrogens with zero attached hydrogens (tertiary/aromatic N) is 1. The average Bonchev–Trinajstić information content (AvgIpc) is 3.24. The summed E-state index contributed by atoms with van der Waals surface area (Å²) < 4.78 is 8.65. The molecule has 0 bridgehead atoms. The molecule has 134 valence electrons. The van der Waals surface area contributed by atoms with Gasteiger partial charge in [0, 0.05) is 44.7 Å². The third-order valence-corrected chi connectivity index (χ3v) is 5.92. The Balaban J connectivity index is 1.92. The van der Waals surface area contributed by atoms with E-state index < -0.39 is 0 Å². The van der Waals surface area contributed by atoms with Crippen molar-refractivity contribution in [1.82, 2.24) is 4.57 Å². The van der Waals surface area contributed by atoms with Crippen LogP contribution in [-0.2, 0) is 7.05 Å². The Morgan fingerprint density at radius 1 is 0.750 bits per heavy atom. The van der Waals surface area contributed by atoms with Gasteiger partial charge in [0.1, 0.15) is 11.2 Å². The van der Waals surface area contributed by atoms with Crippen molar-refractivity contribution in [1.29, 1.82) is 0 Å². The minimum atomic E-state index is 0.730. The van der Waals surface area contributed by atoms with Gasteiger partial charge in [0.05, 0.1) is 5.52 Å². The first kappa shape index (κ1) is 15.8. The fourth-order valence-electron chi connectivity index (χ4n) is 4.40. The quantitative estimate of drug-likeness (QED) is 0.287. The first-order valence-corrected chi connectivity index (χ1v) is 9.67. The van der Waals surface area contributed by atoms with Gasteiger partial charge in [-0.3, -0.25) is 0 Å². The summed E-state index contributed by atoms with van der Waals surface area (Å²) in [6.07, 6.45) is 0. The second kappa shape index (κ2) is 5.63. The van der Waals surface area contributed by atoms with E-state index >= 15 is 0 Å². The lowest BCUT2D eigenvalue weighted by Crippen LogP contribution is -1.90. The van der Waals surface area contributed by atoms with E-state index in [1.807, 2.05) is 24.3 Å². The molecule has 0 fully saturated rings. The Kier molecular flexibility index (Phi) is 3.18. The van der Waals surface area contributed by atoms with Gasteiger partial charge in [-0.25, -0.2) is 0 Å². The van der Waals surface area contributed by atoms with Gasteiger partial charge in [-0.05, 0) is 35.9 Å². The Bertz CT molecular complexity index is 1520. The molecule has 3 heteroatoms. The number of para-hydroxylation sites is 2. The summed E-state index contributed by atoms with van der Waals surface area (Å²) in [5.74, 6) is 0. The Labute approximate surface area is 166 Å². The molecule has 6 aromatic rings. The molecule has 0 aliphatic carbocycles. The maximum Gasteiger partial charge on any atom is 0.145 e. The van der Waals surface area contributed by atoms with Crippen LogP contribution in [0.5, 0.6) is 0 Å². The maximum atomic E-state index is 6.38. The zero-order valence-electron chi connectivity index (χ0n) is 15.2. The largest absolute Gasteiger partial charge is 0.455 e. The molecule has 0 aliphatic rings. The first-order valence-electron chi connectivity index (χ1n) is 9.30. The smallest absolute Gasteiger partial charge is 0.145 e. The monoisotopic (exact) mass is 381 g/mol. The molecular formula is C25H16ClNO. The van der Waals surface area contributed by atoms with Crippen LogP contribution in [0.4, 0.5) is 0 Å². The normalized spacial score (nSPS) is 11.9. The zero-order chi connectivity index (χ0) is 18.8. The van der Waals surface area contributed by atoms with E-state index in [2.05, 4.69) is 66.2 Å². The summed E-state index contributed by atoms with van der Waals surface area (Å²) in [7, 11) is 2.12. The number of aromatic nitrogens is 1. The van der Waals surface area contributed by atoms with Crippen LogP contribution in [0.1, 0.15) is 0 Å². The third-order valence-electron chi connectivity index (χ3n) is 5.67. The molecular weight excluding hydrogens is 366 g/mol. The zero-order valence-corrected chi connectivity index (χ0v) is 16.0. The molecule has 4 aromatic carbocycles. The van der Waals surface area contributed by atoms with Crippen LogP contribution in [0.3, 0.4) is 0 Å². The minimum absolute atomic E-state index is 0.730. The van der Waals surface area contributed by atoms with Crippen LogP contribution in [-0.4, -0.2) is 4.57 Å². The van der Waals surface area contributed by atoms with Gasteiger partial charge in [0.25, 0.3) is 0 Å². The standard InChI is InChI=1S/C25H16ClNO/c1-27-21-8-4-2-6-17(21)19-14-20-18-7-3-5-9-22(18)28-25(20)23(24(19)27)15-10-12-16(26)13-11-15/h2-14H,1H3. The van der Waals surface area contributed by atoms with Crippen molar-refractivity contribution in [3.63, 3.8) is 0 Å². The number of halogens is 1. The Morgan fingerprint density at radius 3 is 2.29 bits per heavy atom. The van der Waals surface area contributed by atoms with Gasteiger partial charge in [-0.2, -0.15) is 0 Å². The molecule has 28 heavy (non-hydrogen) atoms. The molecule has 0 unspecified atom stereocenters. The van der Waals surface area contributed by atoms with E-state index in [1.54, 1.807) is 0 Å². The SMILES string of the molecule is Cn1c2ccccc2c2cc3c(oc4ccccc43)c(-c3ccc(Cl)cc3)c21. The van der Waals surface area contributed by atoms with Gasteiger partial charge in [-0.1, -0.05) is 60.1 Å². The predicted octanol–water partition coefficient (Wildman–Crippen LogP) is 7.55.